The number of amides is 2. The number of nitrogens with two attached hydrogens (primary N) is 2. The van der Waals surface area contributed by atoms with Crippen molar-refractivity contribution in [3.8, 4) is 23.0 Å². The molecular formula is C70H86Cl4N10O14S2. The van der Waals surface area contributed by atoms with Gasteiger partial charge in [0.2, 0.25) is 11.8 Å². The van der Waals surface area contributed by atoms with Crippen LogP contribution < -0.4 is 41.0 Å². The summed E-state index contributed by atoms with van der Waals surface area (Å²) in [6.07, 6.45) is 12.9. The predicted molar refractivity (Wildman–Crippen MR) is 387 cm³/mol. The zero-order valence-electron chi connectivity index (χ0n) is 56.3. The number of nitrogens with one attached hydrogen (secondary N) is 2. The molecule has 6 aliphatic rings. The van der Waals surface area contributed by atoms with E-state index in [0.29, 0.717) is 112 Å². The quantitative estimate of drug-likeness (QED) is 0.0125. The first-order valence-corrected chi connectivity index (χ1v) is 38.6. The van der Waals surface area contributed by atoms with Gasteiger partial charge in [-0.1, -0.05) is 70.7 Å². The Morgan fingerprint density at radius 1 is 0.520 bits per heavy atom. The molecule has 4 aromatic rings. The second-order valence-electron chi connectivity index (χ2n) is 25.6. The van der Waals surface area contributed by atoms with Crippen LogP contribution in [0, 0.1) is 23.7 Å². The van der Waals surface area contributed by atoms with Crippen LogP contribution in [0.5, 0.6) is 23.0 Å². The summed E-state index contributed by atoms with van der Waals surface area (Å²) in [7, 11) is -0.881. The normalized spacial score (nSPS) is 20.9. The van der Waals surface area contributed by atoms with Crippen molar-refractivity contribution < 1.29 is 64.4 Å². The lowest BCUT2D eigenvalue weighted by Crippen LogP contribution is -2.52. The number of esters is 2. The molecule has 100 heavy (non-hydrogen) atoms. The van der Waals surface area contributed by atoms with Crippen molar-refractivity contribution in [1.29, 1.82) is 0 Å². The van der Waals surface area contributed by atoms with Gasteiger partial charge in [-0.25, -0.2) is 36.4 Å². The average Bonchev–Trinajstić information content (AvgIpc) is 0.769. The smallest absolute Gasteiger partial charge is 0.331 e. The summed E-state index contributed by atoms with van der Waals surface area (Å²) in [4.78, 5) is 59.3. The van der Waals surface area contributed by atoms with Crippen LogP contribution in [0.4, 0.5) is 11.4 Å². The van der Waals surface area contributed by atoms with Gasteiger partial charge in [0.1, 0.15) is 12.2 Å². The fraction of sp³-hybridized carbons (Fsp3) is 0.486. The summed E-state index contributed by atoms with van der Waals surface area (Å²) in [6.45, 7) is 2.62. The second-order valence-corrected chi connectivity index (χ2v) is 31.9. The summed E-state index contributed by atoms with van der Waals surface area (Å²) in [5.41, 5.74) is 16.3. The van der Waals surface area contributed by atoms with Crippen LogP contribution in [0.3, 0.4) is 0 Å². The van der Waals surface area contributed by atoms with Gasteiger partial charge in [-0.05, 0) is 123 Å². The molecule has 10 rings (SSSR count). The van der Waals surface area contributed by atoms with Gasteiger partial charge in [-0.2, -0.15) is 10.2 Å². The van der Waals surface area contributed by atoms with Crippen molar-refractivity contribution in [2.75, 3.05) is 128 Å². The fourth-order valence-electron chi connectivity index (χ4n) is 13.6. The Kier molecular flexibility index (Phi) is 26.0. The van der Waals surface area contributed by atoms with E-state index in [9.17, 15) is 36.0 Å². The number of anilines is 2. The van der Waals surface area contributed by atoms with Crippen LogP contribution in [0.15, 0.2) is 107 Å². The zero-order valence-corrected chi connectivity index (χ0v) is 61.0. The van der Waals surface area contributed by atoms with E-state index in [-0.39, 0.29) is 141 Å². The number of rotatable bonds is 30. The number of likely N-dealkylation sites (tertiary alicyclic amines) is 2. The maximum atomic E-state index is 14.0. The molecule has 2 saturated heterocycles. The molecule has 2 unspecified atom stereocenters. The van der Waals surface area contributed by atoms with Crippen LogP contribution in [-0.2, 0) is 48.3 Å². The molecule has 4 aliphatic heterocycles. The monoisotopic (exact) mass is 1490 g/mol. The molecule has 2 aliphatic carbocycles. The number of sulfone groups is 2. The number of nitrogen functional groups attached to an aromatic ring is 2. The molecule has 2 fully saturated rings. The Balaban J connectivity index is 0.687. The standard InChI is InChI=1S/C70H86Cl4N10O14S2/c1-93-57-15-13-43(39-59(57)95-3)67-49-9-5-7-11-51(49)69(87)83(79-67)47-19-25-81(26-20-47)29-33-99(89,90)31-23-77-41-61(45-35-53(71)65(75)54(72)36-45)97-63(85)17-18-64(86)98-62(46-37-55(73)66(76)56(74)38-46)42-78-24-32-100(91,92)34-30-82-27-21-48(22-28-82)84-70(88)52-12-8-6-10-50(52)68(80-84)44-14-16-58(94-2)60(40-44)96-4/h5-8,13-18,35-40,47-52,61-62,77-78H,9-12,19-34,41-42,75-76H2,1-4H3/b18-17+/t49-,50-,51+,52+,61?,62?/m0/s1. The van der Waals surface area contributed by atoms with Crippen LogP contribution in [0.1, 0.15) is 85.8 Å². The summed E-state index contributed by atoms with van der Waals surface area (Å²) in [5, 5.41) is 19.8. The Hall–Kier alpha value is -6.98. The minimum absolute atomic E-state index is 0.00130. The summed E-state index contributed by atoms with van der Waals surface area (Å²) in [6, 6.07) is 16.9. The van der Waals surface area contributed by atoms with Gasteiger partial charge in [0.15, 0.2) is 42.7 Å². The third-order valence-electron chi connectivity index (χ3n) is 19.3. The Morgan fingerprint density at radius 2 is 0.860 bits per heavy atom. The van der Waals surface area contributed by atoms with E-state index in [2.05, 4.69) is 44.7 Å². The molecule has 0 spiro atoms. The predicted octanol–water partition coefficient (Wildman–Crippen LogP) is 8.52. The topological polar surface area (TPSA) is 306 Å². The van der Waals surface area contributed by atoms with E-state index < -0.39 is 43.8 Å². The molecule has 540 valence electrons. The number of methoxy groups -OCH3 is 4. The molecule has 6 atom stereocenters. The van der Waals surface area contributed by atoms with Crippen LogP contribution >= 0.6 is 46.4 Å². The Labute approximate surface area is 604 Å². The lowest BCUT2D eigenvalue weighted by Gasteiger charge is -2.42. The number of ether oxygens (including phenoxy) is 6. The van der Waals surface area contributed by atoms with Crippen molar-refractivity contribution >= 4 is 113 Å². The molecule has 0 radical (unpaired) electrons. The number of nitrogens with zero attached hydrogens (tertiary/aromatic N) is 6. The van der Waals surface area contributed by atoms with Gasteiger partial charge < -0.3 is 60.3 Å². The molecule has 4 aromatic carbocycles. The summed E-state index contributed by atoms with van der Waals surface area (Å²) < 4.78 is 87.8. The third kappa shape index (κ3) is 18.8. The highest BCUT2D eigenvalue weighted by Gasteiger charge is 2.45. The molecule has 30 heteroatoms. The highest BCUT2D eigenvalue weighted by atomic mass is 35.5. The first kappa shape index (κ1) is 75.7. The van der Waals surface area contributed by atoms with E-state index >= 15 is 0 Å². The number of carbonyl (C=O) groups excluding carboxylic acids is 4. The van der Waals surface area contributed by atoms with Crippen LogP contribution in [0.2, 0.25) is 20.1 Å². The number of halogens is 4. The minimum Gasteiger partial charge on any atom is -0.493 e. The summed E-state index contributed by atoms with van der Waals surface area (Å²) >= 11 is 25.7. The van der Waals surface area contributed by atoms with E-state index in [1.807, 2.05) is 36.4 Å². The minimum atomic E-state index is -3.60. The van der Waals surface area contributed by atoms with Crippen molar-refractivity contribution in [1.82, 2.24) is 30.5 Å². The third-order valence-corrected chi connectivity index (χ3v) is 23.9. The van der Waals surface area contributed by atoms with E-state index in [1.165, 1.54) is 24.3 Å². The van der Waals surface area contributed by atoms with E-state index in [1.54, 1.807) is 38.5 Å². The highest BCUT2D eigenvalue weighted by Crippen LogP contribution is 2.42. The lowest BCUT2D eigenvalue weighted by molar-refractivity contribution is -0.146. The number of fused-ring (bicyclic) bond motifs is 2. The van der Waals surface area contributed by atoms with Crippen molar-refractivity contribution in [2.24, 2.45) is 33.9 Å². The van der Waals surface area contributed by atoms with Crippen LogP contribution in [0.25, 0.3) is 0 Å². The van der Waals surface area contributed by atoms with Gasteiger partial charge in [0, 0.05) is 101 Å². The van der Waals surface area contributed by atoms with Gasteiger partial charge in [0.25, 0.3) is 0 Å². The molecule has 0 aromatic heterocycles. The second kappa shape index (κ2) is 34.3. The van der Waals surface area contributed by atoms with Gasteiger partial charge >= 0.3 is 11.9 Å². The molecule has 24 nitrogen and oxygen atoms in total. The van der Waals surface area contributed by atoms with Crippen molar-refractivity contribution in [3.05, 3.63) is 139 Å². The number of allylic oxidation sites excluding steroid dienone is 4. The maximum Gasteiger partial charge on any atom is 0.331 e. The molecule has 6 N–H and O–H groups in total. The van der Waals surface area contributed by atoms with E-state index in [0.717, 1.165) is 34.7 Å². The van der Waals surface area contributed by atoms with Crippen molar-refractivity contribution in [2.45, 2.75) is 75.7 Å². The number of piperidine rings is 2. The number of carbonyl (C=O) groups is 4. The largest absolute Gasteiger partial charge is 0.493 e. The fourth-order valence-corrected chi connectivity index (χ4v) is 17.0. The average molecular weight is 1500 g/mol. The van der Waals surface area contributed by atoms with Crippen molar-refractivity contribution in [3.63, 3.8) is 0 Å². The van der Waals surface area contributed by atoms with Gasteiger partial charge in [0.05, 0.1) is 118 Å². The van der Waals surface area contributed by atoms with Crippen LogP contribution in [-0.4, -0.2) is 201 Å². The SMILES string of the molecule is COc1ccc(C2=NN(C3CCN(CCS(=O)(=O)CCNCC(OC(=O)/C=C/C(=O)OC(CNCCS(=O)(=O)CCN4CCC(N5N=C(c6ccc(OC)c(OC)c6)[C@H]6CC=CC[C@H]6C5=O)CC4)c4cc(Cl)c(N)c(Cl)c4)c4cc(Cl)c(N)c(Cl)c4)CC3)C(=O)[C@@H]3CC=CC[C@H]23)cc1OC. The number of hydrogen-bond acceptors (Lipinski definition) is 22. The first-order chi connectivity index (χ1) is 48.0. The highest BCUT2D eigenvalue weighted by molar-refractivity contribution is 7.91. The first-order valence-electron chi connectivity index (χ1n) is 33.4. The lowest BCUT2D eigenvalue weighted by atomic mass is 9.76. The Morgan fingerprint density at radius 3 is 1.20 bits per heavy atom. The number of benzene rings is 4. The molecule has 0 bridgehead atoms. The molecule has 4 heterocycles. The molecule has 2 amide bonds. The summed E-state index contributed by atoms with van der Waals surface area (Å²) in [5.74, 6) is -1.00. The maximum absolute atomic E-state index is 14.0. The number of hydrazone groups is 2. The van der Waals surface area contributed by atoms with Gasteiger partial charge in [-0.15, -0.1) is 0 Å². The van der Waals surface area contributed by atoms with Gasteiger partial charge in [-0.3, -0.25) is 9.59 Å². The molecule has 0 saturated carbocycles. The Bertz CT molecular complexity index is 3750. The number of hydrogen-bond donors (Lipinski definition) is 4. The molecular weight excluding hydrogens is 1410 g/mol. The zero-order chi connectivity index (χ0) is 71.4. The van der Waals surface area contributed by atoms with E-state index in [4.69, 9.17) is 96.5 Å².